The fourth-order valence-corrected chi connectivity index (χ4v) is 2.67. The van der Waals surface area contributed by atoms with Crippen LogP contribution in [0.3, 0.4) is 0 Å². The summed E-state index contributed by atoms with van der Waals surface area (Å²) in [5.74, 6) is 0. The maximum atomic E-state index is 4.20. The number of aryl methyl sites for hydroxylation is 1. The first-order valence-corrected chi connectivity index (χ1v) is 9.88. The Hall–Kier alpha value is -2.17. The quantitative estimate of drug-likeness (QED) is 0.329. The monoisotopic (exact) mass is 382 g/mol. The van der Waals surface area contributed by atoms with Crippen molar-refractivity contribution in [2.24, 2.45) is 0 Å². The van der Waals surface area contributed by atoms with E-state index in [1.54, 1.807) is 36.1 Å². The predicted molar refractivity (Wildman–Crippen MR) is 118 cm³/mol. The van der Waals surface area contributed by atoms with Crippen molar-refractivity contribution in [1.82, 2.24) is 9.97 Å². The Morgan fingerprint density at radius 1 is 0.808 bits per heavy atom. The lowest BCUT2D eigenvalue weighted by Crippen LogP contribution is -1.70. The lowest BCUT2D eigenvalue weighted by Gasteiger charge is -1.92. The van der Waals surface area contributed by atoms with Crippen LogP contribution in [-0.2, 0) is 0 Å². The van der Waals surface area contributed by atoms with Crippen LogP contribution < -0.4 is 0 Å². The van der Waals surface area contributed by atoms with Gasteiger partial charge in [-0.1, -0.05) is 56.7 Å². The van der Waals surface area contributed by atoms with Gasteiger partial charge in [-0.15, -0.1) is 24.0 Å². The lowest BCUT2D eigenvalue weighted by molar-refractivity contribution is 1.09. The van der Waals surface area contributed by atoms with Gasteiger partial charge in [-0.25, -0.2) is 0 Å². The summed E-state index contributed by atoms with van der Waals surface area (Å²) in [7, 11) is 0. The minimum absolute atomic E-state index is 1.06. The fraction of sp³-hybridized carbons (Fsp3) is 0.182. The number of thiol groups is 1. The van der Waals surface area contributed by atoms with E-state index in [1.807, 2.05) is 31.2 Å². The third-order valence-electron chi connectivity index (χ3n) is 2.95. The van der Waals surface area contributed by atoms with Crippen LogP contribution in [0.15, 0.2) is 89.7 Å². The molecule has 0 unspecified atom stereocenters. The first-order valence-electron chi connectivity index (χ1n) is 8.55. The Balaban J connectivity index is 0.000000185. The van der Waals surface area contributed by atoms with Crippen LogP contribution in [0.5, 0.6) is 0 Å². The summed E-state index contributed by atoms with van der Waals surface area (Å²) in [6, 6.07) is 18.6. The minimum atomic E-state index is 1.06. The molecule has 2 heterocycles. The maximum absolute atomic E-state index is 4.20. The number of thiophene rings is 1. The van der Waals surface area contributed by atoms with Crippen molar-refractivity contribution in [3.05, 3.63) is 90.3 Å². The first kappa shape index (κ1) is 21.9. The lowest BCUT2D eigenvalue weighted by atomic mass is 10.2. The van der Waals surface area contributed by atoms with Gasteiger partial charge < -0.3 is 0 Å². The molecule has 4 rings (SSSR count). The second-order valence-electron chi connectivity index (χ2n) is 5.35. The second kappa shape index (κ2) is 14.0. The third-order valence-corrected chi connectivity index (χ3v) is 4.35. The zero-order valence-corrected chi connectivity index (χ0v) is 17.3. The molecule has 4 aromatic rings. The van der Waals surface area contributed by atoms with Crippen LogP contribution >= 0.6 is 24.0 Å². The Bertz CT molecular complexity index is 752. The number of nitrogens with zero attached hydrogens (tertiary/aromatic N) is 2. The normalized spacial score (nSPS) is 8.92. The van der Waals surface area contributed by atoms with Gasteiger partial charge >= 0.3 is 0 Å². The molecular weight excluding hydrogens is 356 g/mol. The first-order chi connectivity index (χ1) is 12.7. The number of rotatable bonds is 0. The highest BCUT2D eigenvalue weighted by atomic mass is 32.1. The summed E-state index contributed by atoms with van der Waals surface area (Å²) in [5, 5.41) is 3.47. The number of hydrogen-bond donors (Lipinski definition) is 1. The zero-order valence-electron chi connectivity index (χ0n) is 15.5. The summed E-state index contributed by atoms with van der Waals surface area (Å²) < 4.78 is 1.37. The SMILES string of the molecule is CCC.Cc1ccccc1S.c1ccc2sccc2c1.c1cnccn1. The molecule has 2 aromatic carbocycles. The highest BCUT2D eigenvalue weighted by molar-refractivity contribution is 7.80. The van der Waals surface area contributed by atoms with Gasteiger partial charge in [-0.05, 0) is 41.5 Å². The smallest absolute Gasteiger partial charge is 0.0451 e. The summed E-state index contributed by atoms with van der Waals surface area (Å²) in [6.07, 6.45) is 7.81. The van der Waals surface area contributed by atoms with Gasteiger partial charge in [-0.3, -0.25) is 9.97 Å². The van der Waals surface area contributed by atoms with Gasteiger partial charge in [0.05, 0.1) is 0 Å². The molecule has 0 saturated carbocycles. The van der Waals surface area contributed by atoms with Crippen LogP contribution in [0.4, 0.5) is 0 Å². The molecule has 2 nitrogen and oxygen atoms in total. The molecule has 0 radical (unpaired) electrons. The topological polar surface area (TPSA) is 25.8 Å². The van der Waals surface area contributed by atoms with E-state index >= 15 is 0 Å². The second-order valence-corrected chi connectivity index (χ2v) is 6.78. The molecule has 4 heteroatoms. The standard InChI is InChI=1S/C8H6S.C7H8S.C4H4N2.C3H8/c1-2-4-8-7(3-1)5-6-9-8;1-6-4-2-3-5-7(6)8;1-2-6-4-3-5-1;1-3-2/h1-6H;2-5,8H,1H3;1-4H;3H2,1-2H3. The highest BCUT2D eigenvalue weighted by Gasteiger charge is 1.88. The van der Waals surface area contributed by atoms with E-state index in [2.05, 4.69) is 72.2 Å². The third kappa shape index (κ3) is 9.35. The average Bonchev–Trinajstić information content (AvgIpc) is 3.16. The van der Waals surface area contributed by atoms with Crippen LogP contribution in [0.1, 0.15) is 25.8 Å². The zero-order chi connectivity index (χ0) is 19.0. The van der Waals surface area contributed by atoms with Crippen molar-refractivity contribution in [2.75, 3.05) is 0 Å². The van der Waals surface area contributed by atoms with Crippen molar-refractivity contribution >= 4 is 34.1 Å². The Labute approximate surface area is 166 Å². The molecule has 0 amide bonds. The van der Waals surface area contributed by atoms with Crippen LogP contribution in [0, 0.1) is 6.92 Å². The van der Waals surface area contributed by atoms with Gasteiger partial charge in [0.25, 0.3) is 0 Å². The Kier molecular flexibility index (Phi) is 11.8. The molecule has 0 saturated heterocycles. The molecule has 26 heavy (non-hydrogen) atoms. The fourth-order valence-electron chi connectivity index (χ4n) is 1.72. The number of fused-ring (bicyclic) bond motifs is 1. The van der Waals surface area contributed by atoms with Gasteiger partial charge in [0.2, 0.25) is 0 Å². The largest absolute Gasteiger partial charge is 0.262 e. The van der Waals surface area contributed by atoms with Crippen LogP contribution in [0.25, 0.3) is 10.1 Å². The summed E-state index contributed by atoms with van der Waals surface area (Å²) >= 11 is 5.99. The molecule has 0 bridgehead atoms. The number of hydrogen-bond acceptors (Lipinski definition) is 4. The minimum Gasteiger partial charge on any atom is -0.262 e. The van der Waals surface area contributed by atoms with E-state index in [4.69, 9.17) is 0 Å². The summed E-state index contributed by atoms with van der Waals surface area (Å²) in [6.45, 7) is 6.29. The Morgan fingerprint density at radius 3 is 1.81 bits per heavy atom. The van der Waals surface area contributed by atoms with E-state index in [9.17, 15) is 0 Å². The molecule has 0 N–H and O–H groups in total. The van der Waals surface area contributed by atoms with Gasteiger partial charge in [0.1, 0.15) is 0 Å². The van der Waals surface area contributed by atoms with Gasteiger partial charge in [0.15, 0.2) is 0 Å². The van der Waals surface area contributed by atoms with Crippen molar-refractivity contribution < 1.29 is 0 Å². The molecule has 0 atom stereocenters. The predicted octanol–water partition coefficient (Wildman–Crippen LogP) is 7.08. The molecule has 0 aliphatic rings. The van der Waals surface area contributed by atoms with Gasteiger partial charge in [-0.2, -0.15) is 0 Å². The average molecular weight is 383 g/mol. The molecule has 0 spiro atoms. The molecular formula is C22H26N2S2. The highest BCUT2D eigenvalue weighted by Crippen LogP contribution is 2.18. The van der Waals surface area contributed by atoms with E-state index in [0.29, 0.717) is 0 Å². The summed E-state index contributed by atoms with van der Waals surface area (Å²) in [4.78, 5) is 8.51. The van der Waals surface area contributed by atoms with Gasteiger partial charge in [0, 0.05) is 34.4 Å². The van der Waals surface area contributed by atoms with E-state index < -0.39 is 0 Å². The van der Waals surface area contributed by atoms with E-state index in [0.717, 1.165) is 4.90 Å². The van der Waals surface area contributed by atoms with Crippen molar-refractivity contribution in [1.29, 1.82) is 0 Å². The summed E-state index contributed by atoms with van der Waals surface area (Å²) in [5.41, 5.74) is 1.23. The van der Waals surface area contributed by atoms with Crippen molar-refractivity contribution in [3.8, 4) is 0 Å². The van der Waals surface area contributed by atoms with Crippen LogP contribution in [0.2, 0.25) is 0 Å². The molecule has 136 valence electrons. The van der Waals surface area contributed by atoms with Crippen LogP contribution in [-0.4, -0.2) is 9.97 Å². The number of benzene rings is 2. The molecule has 0 fully saturated rings. The molecule has 0 aliphatic heterocycles. The number of aromatic nitrogens is 2. The molecule has 2 aromatic heterocycles. The van der Waals surface area contributed by atoms with E-state index in [1.165, 1.54) is 22.1 Å². The maximum Gasteiger partial charge on any atom is 0.0451 e. The van der Waals surface area contributed by atoms with Crippen molar-refractivity contribution in [3.63, 3.8) is 0 Å². The Morgan fingerprint density at radius 2 is 1.35 bits per heavy atom. The molecule has 0 aliphatic carbocycles. The van der Waals surface area contributed by atoms with E-state index in [-0.39, 0.29) is 0 Å². The van der Waals surface area contributed by atoms with Crippen molar-refractivity contribution in [2.45, 2.75) is 32.1 Å².